The number of carbonyl (C=O) groups excluding carboxylic acids is 4. The van der Waals surface area contributed by atoms with Gasteiger partial charge in [-0.2, -0.15) is 9.59 Å². The number of nitrogens with one attached hydrogen (secondary N) is 2. The topological polar surface area (TPSA) is 834 Å². The van der Waals surface area contributed by atoms with Gasteiger partial charge in [0.25, 0.3) is 0 Å². The molecule has 30 N–H and O–H groups in total. The third-order valence-corrected chi connectivity index (χ3v) is 23.6. The molecule has 0 radical (unpaired) electrons. The third kappa shape index (κ3) is 24.0. The van der Waals surface area contributed by atoms with E-state index in [1.807, 2.05) is 0 Å². The van der Waals surface area contributed by atoms with Gasteiger partial charge in [0, 0.05) is 32.1 Å². The van der Waals surface area contributed by atoms with Gasteiger partial charge in [0.15, 0.2) is 56.6 Å². The van der Waals surface area contributed by atoms with Crippen molar-refractivity contribution in [2.24, 2.45) is 17.8 Å². The van der Waals surface area contributed by atoms with Crippen LogP contribution in [0.2, 0.25) is 0 Å². The van der Waals surface area contributed by atoms with Gasteiger partial charge in [0.1, 0.15) is 214 Å². The Morgan fingerprint density at radius 1 is 0.336 bits per heavy atom. The summed E-state index contributed by atoms with van der Waals surface area (Å²) in [6, 6.07) is -3.08. The molecule has 10 aliphatic heterocycles. The van der Waals surface area contributed by atoms with E-state index in [4.69, 9.17) is 99.6 Å². The summed E-state index contributed by atoms with van der Waals surface area (Å²) >= 11 is 0. The molecule has 0 aromatic heterocycles. The molecule has 0 spiro atoms. The van der Waals surface area contributed by atoms with Crippen LogP contribution in [-0.2, 0) is 109 Å². The Balaban J connectivity index is 0.00000581. The molecule has 125 heavy (non-hydrogen) atoms. The summed E-state index contributed by atoms with van der Waals surface area (Å²) in [5.74, 6) is -4.19. The molecule has 10 heterocycles. The highest BCUT2D eigenvalue weighted by Gasteiger charge is 2.61. The number of ether oxygens (including phenoxy) is 19. The first kappa shape index (κ1) is 105. The number of aliphatic hydroxyl groups is 28. The lowest BCUT2D eigenvalue weighted by molar-refractivity contribution is -0.400. The Morgan fingerprint density at radius 3 is 1.15 bits per heavy atom. The number of amides is 2. The summed E-state index contributed by atoms with van der Waals surface area (Å²) in [5, 5.41) is 316. The van der Waals surface area contributed by atoms with Gasteiger partial charge >= 0.3 is 6.15 Å². The van der Waals surface area contributed by atoms with Gasteiger partial charge in [-0.3, -0.25) is 9.59 Å². The third-order valence-electron chi connectivity index (χ3n) is 23.6. The van der Waals surface area contributed by atoms with Gasteiger partial charge in [-0.05, 0) is 5.92 Å². The maximum Gasteiger partial charge on any atom is 0.373 e. The largest absolute Gasteiger partial charge is 0.394 e. The molecule has 23 unspecified atom stereocenters. The van der Waals surface area contributed by atoms with Crippen molar-refractivity contribution in [3.8, 4) is 0 Å². The minimum absolute atomic E-state index is 0.230. The average molecular weight is 1830 g/mol. The number of aliphatic hydroxyl groups excluding tert-OH is 28. The van der Waals surface area contributed by atoms with Crippen LogP contribution in [0.3, 0.4) is 0 Å². The van der Waals surface area contributed by atoms with Crippen molar-refractivity contribution >= 4 is 18.0 Å². The van der Waals surface area contributed by atoms with E-state index in [1.165, 1.54) is 13.8 Å². The Kier molecular flexibility index (Phi) is 39.4. The molecule has 10 fully saturated rings. The number of hydrogen-bond acceptors (Lipinski definition) is 51. The molecule has 53 heteroatoms. The molecule has 51 atom stereocenters. The Labute approximate surface area is 711 Å². The fourth-order valence-corrected chi connectivity index (χ4v) is 16.4. The van der Waals surface area contributed by atoms with Gasteiger partial charge in [0.2, 0.25) is 11.8 Å². The zero-order valence-electron chi connectivity index (χ0n) is 68.2. The van der Waals surface area contributed by atoms with E-state index in [2.05, 4.69) is 10.6 Å². The van der Waals surface area contributed by atoms with E-state index in [0.29, 0.717) is 0 Å². The molecule has 0 aromatic rings. The first-order chi connectivity index (χ1) is 59.1. The molecule has 726 valence electrons. The molecule has 0 saturated carbocycles. The van der Waals surface area contributed by atoms with Gasteiger partial charge in [-0.15, -0.1) is 0 Å². The molecule has 2 amide bonds. The number of hydrogen-bond donors (Lipinski definition) is 30. The fourth-order valence-electron chi connectivity index (χ4n) is 16.4. The molecular formula is C72H122N2O51. The minimum Gasteiger partial charge on any atom is -0.394 e. The van der Waals surface area contributed by atoms with Gasteiger partial charge in [-0.25, -0.2) is 0 Å². The molecule has 10 rings (SSSR count). The quantitative estimate of drug-likeness (QED) is 0.0290. The van der Waals surface area contributed by atoms with E-state index >= 15 is 0 Å². The molecular weight excluding hydrogens is 1710 g/mol. The van der Waals surface area contributed by atoms with E-state index < -0.39 is 396 Å². The predicted molar refractivity (Wildman–Crippen MR) is 387 cm³/mol. The maximum atomic E-state index is 13.1. The lowest BCUT2D eigenvalue weighted by Gasteiger charge is -2.51. The van der Waals surface area contributed by atoms with E-state index in [-0.39, 0.29) is 12.6 Å². The molecule has 0 aliphatic carbocycles. The minimum atomic E-state index is -2.53. The number of carbonyl (C=O) groups is 2. The molecule has 0 bridgehead atoms. The normalized spacial score (nSPS) is 48.7. The highest BCUT2D eigenvalue weighted by molar-refractivity contribution is 5.73. The van der Waals surface area contributed by atoms with Crippen LogP contribution in [-0.4, -0.2) is 528 Å². The van der Waals surface area contributed by atoms with Crippen molar-refractivity contribution in [3.05, 3.63) is 0 Å². The Bertz CT molecular complexity index is 3280. The second-order valence-corrected chi connectivity index (χ2v) is 32.6. The van der Waals surface area contributed by atoms with Crippen LogP contribution in [0.5, 0.6) is 0 Å². The Hall–Kier alpha value is -3.56. The van der Waals surface area contributed by atoms with E-state index in [9.17, 15) is 153 Å². The van der Waals surface area contributed by atoms with Crippen LogP contribution in [0.1, 0.15) is 48.0 Å². The van der Waals surface area contributed by atoms with E-state index in [0.717, 1.165) is 13.8 Å². The zero-order chi connectivity index (χ0) is 92.5. The van der Waals surface area contributed by atoms with E-state index in [1.54, 1.807) is 13.8 Å². The van der Waals surface area contributed by atoms with Crippen molar-refractivity contribution in [3.63, 3.8) is 0 Å². The summed E-state index contributed by atoms with van der Waals surface area (Å²) < 4.78 is 114. The van der Waals surface area contributed by atoms with Crippen LogP contribution in [0.15, 0.2) is 0 Å². The molecule has 10 saturated heterocycles. The van der Waals surface area contributed by atoms with Crippen LogP contribution >= 0.6 is 0 Å². The summed E-state index contributed by atoms with van der Waals surface area (Å²) in [6.07, 6.45) is -91.7. The maximum absolute atomic E-state index is 13.1. The monoisotopic (exact) mass is 1830 g/mol. The SMILES string of the molecule is CC(=O)NC1[C@H](O[C@@H]2C(CO)O[C@@H](C(C)C)C(NC(C)=O)[C@H]2O)OC(CO)[C@@H](O[C@@H]2OC(CO[C@H]3OC(CO[C@H]4OC(CO)[C@@H](O)[C@H](O)C4O)[C@@H](O)[C@H](O[C@H]4OC(CO)[C@@H](O)C(O)C4O)C3O)[C@@H](O)[C@H](O[C@H]3OC(CO)[C@@H](O)[C@H](O)C3O[C@@H]3OC(CO)[C@@H](O[C@@H]4OC(CO[C@@H]5CC(O)[C@@H](C)C(C(O)C(O)CO)O5)[C@H](O)[C@H](O)C4O)[C@H](O)C3C)C2O)[C@@H]1O.O=C=O. The first-order valence-electron chi connectivity index (χ1n) is 40.5. The van der Waals surface area contributed by atoms with Crippen molar-refractivity contribution in [2.45, 2.75) is 349 Å². The van der Waals surface area contributed by atoms with Crippen LogP contribution < -0.4 is 10.6 Å². The molecule has 53 nitrogen and oxygen atoms in total. The summed E-state index contributed by atoms with van der Waals surface area (Å²) in [4.78, 5) is 41.9. The average Bonchev–Trinajstić information content (AvgIpc) is 0.770. The van der Waals surface area contributed by atoms with Crippen molar-refractivity contribution < 1.29 is 252 Å². The van der Waals surface area contributed by atoms with Gasteiger partial charge in [-0.1, -0.05) is 27.7 Å². The van der Waals surface area contributed by atoms with Crippen LogP contribution in [0, 0.1) is 17.8 Å². The first-order valence-corrected chi connectivity index (χ1v) is 40.5. The zero-order valence-corrected chi connectivity index (χ0v) is 68.2. The standard InChI is InChI=1S/C71H122N2O49.CO2/c1-18(2)56-35(72-21(5)81)45(93)59(28(12-78)107-56)117-65-36(73-22(6)82)46(94)60(30(14-80)112-65)119-70-55(103)62(44(92)33(115-70)17-106-67-54(102)61(120-68-52(100)48(96)40(88)26(10-76)109-68)43(91)32(113-67)16-105-66-51(99)47(95)39(87)25(9-75)108-66)121-71-63(50(98)41(89)27(11-77)110-71)122-64-20(4)37(85)58(29(13-79)111-64)118-69-53(101)49(97)42(90)31(114-69)15-104-34-7-23(83)19(3)57(116-34)38(86)24(84)8-74;2-1-3/h18-20,23-71,74-80,83-103H,7-17H2,1-6H3,(H,72,81)(H,73,82);/t19-,20?,23?,24?,25?,26?,27?,28?,29?,30?,31?,32?,33?,34+,35?,36?,37-,38?,39-,40-,41-,42+,43-,44-,45-,46-,47+,48?,49+,50+,51?,52?,53?,54?,55?,56+,57?,58-,59-,60-,61+,62+,63?,64+,65+,66+,67+,68-,69+,70+,71-;/m1./s1. The molecule has 0 aromatic carbocycles. The summed E-state index contributed by atoms with van der Waals surface area (Å²) in [5.41, 5.74) is 0. The second kappa shape index (κ2) is 46.9. The van der Waals surface area contributed by atoms with Crippen molar-refractivity contribution in [2.75, 3.05) is 66.1 Å². The summed E-state index contributed by atoms with van der Waals surface area (Å²) in [6.45, 7) is -1.65. The fraction of sp³-hybridized carbons (Fsp3) is 0.958. The molecule has 10 aliphatic rings. The second-order valence-electron chi connectivity index (χ2n) is 32.6. The van der Waals surface area contributed by atoms with Crippen LogP contribution in [0.25, 0.3) is 0 Å². The summed E-state index contributed by atoms with van der Waals surface area (Å²) in [7, 11) is 0. The van der Waals surface area contributed by atoms with Crippen molar-refractivity contribution in [1.82, 2.24) is 10.6 Å². The van der Waals surface area contributed by atoms with Gasteiger partial charge in [0.05, 0.1) is 96.5 Å². The van der Waals surface area contributed by atoms with Crippen LogP contribution in [0.4, 0.5) is 0 Å². The smallest absolute Gasteiger partial charge is 0.373 e. The predicted octanol–water partition coefficient (Wildman–Crippen LogP) is -19.1. The lowest BCUT2D eigenvalue weighted by Crippen LogP contribution is -2.70. The highest BCUT2D eigenvalue weighted by Crippen LogP contribution is 2.42. The Morgan fingerprint density at radius 2 is 0.672 bits per heavy atom. The lowest BCUT2D eigenvalue weighted by atomic mass is 9.87. The number of rotatable bonds is 33. The highest BCUT2D eigenvalue weighted by atomic mass is 16.8. The van der Waals surface area contributed by atoms with Gasteiger partial charge < -0.3 is 244 Å². The van der Waals surface area contributed by atoms with Crippen molar-refractivity contribution in [1.29, 1.82) is 0 Å².